The summed E-state index contributed by atoms with van der Waals surface area (Å²) in [5.41, 5.74) is 8.62. The van der Waals surface area contributed by atoms with Gasteiger partial charge in [-0.3, -0.25) is 0 Å². The number of nitrogens with zero attached hydrogens (tertiary/aromatic N) is 2. The van der Waals surface area contributed by atoms with E-state index in [2.05, 4.69) is 10.6 Å². The number of aliphatic hydroxyl groups is 1. The summed E-state index contributed by atoms with van der Waals surface area (Å²) >= 11 is 0. The van der Waals surface area contributed by atoms with Gasteiger partial charge in [-0.1, -0.05) is 50.7 Å². The number of ether oxygens (including phenoxy) is 8. The average Bonchev–Trinajstić information content (AvgIpc) is 3.91. The Morgan fingerprint density at radius 3 is 1.71 bits per heavy atom. The third-order valence-corrected chi connectivity index (χ3v) is 14.3. The molecular weight excluding hydrogens is 921 g/mol. The van der Waals surface area contributed by atoms with Crippen LogP contribution in [0.3, 0.4) is 0 Å². The minimum absolute atomic E-state index is 0.00624. The predicted molar refractivity (Wildman–Crippen MR) is 274 cm³/mol. The molecule has 3 N–H and O–H groups in total. The number of hydrogen-bond acceptors (Lipinski definition) is 13. The van der Waals surface area contributed by atoms with E-state index < -0.39 is 5.97 Å². The van der Waals surface area contributed by atoms with E-state index in [1.54, 1.807) is 38.5 Å². The molecule has 1 atom stereocenters. The highest BCUT2D eigenvalue weighted by Gasteiger charge is 2.31. The van der Waals surface area contributed by atoms with Gasteiger partial charge in [0.2, 0.25) is 0 Å². The van der Waals surface area contributed by atoms with Crippen LogP contribution in [0.2, 0.25) is 0 Å². The molecule has 1 unspecified atom stereocenters. The van der Waals surface area contributed by atoms with Crippen LogP contribution < -0.4 is 9.47 Å². The number of phenols is 2. The molecule has 1 aliphatic heterocycles. The molecule has 3 fully saturated rings. The van der Waals surface area contributed by atoms with Crippen molar-refractivity contribution in [2.24, 2.45) is 0 Å². The van der Waals surface area contributed by atoms with Crippen LogP contribution in [0.1, 0.15) is 127 Å². The molecule has 6 aromatic rings. The summed E-state index contributed by atoms with van der Waals surface area (Å²) in [4.78, 5) is 24.8. The fourth-order valence-corrected chi connectivity index (χ4v) is 11.0. The number of aromatic nitrogens is 2. The fraction of sp³-hybridized carbons (Fsp3) is 0.474. The topological polar surface area (TPSA) is 179 Å². The highest BCUT2D eigenvalue weighted by Crippen LogP contribution is 2.49. The van der Waals surface area contributed by atoms with Gasteiger partial charge in [-0.15, -0.1) is 0 Å². The van der Waals surface area contributed by atoms with Crippen LogP contribution in [0, 0.1) is 0 Å². The first-order chi connectivity index (χ1) is 35.2. The number of phenolic OH excluding ortho intramolecular Hbond substituents is 2. The van der Waals surface area contributed by atoms with Crippen LogP contribution in [0.4, 0.5) is 0 Å². The third kappa shape index (κ3) is 11.7. The highest BCUT2D eigenvalue weighted by atomic mass is 16.7. The number of methoxy groups -OCH3 is 4. The third-order valence-electron chi connectivity index (χ3n) is 14.3. The molecule has 4 aromatic carbocycles. The van der Waals surface area contributed by atoms with Gasteiger partial charge < -0.3 is 62.3 Å². The quantitative estimate of drug-likeness (QED) is 0.0548. The van der Waals surface area contributed by atoms with Crippen LogP contribution >= 0.6 is 0 Å². The highest BCUT2D eigenvalue weighted by molar-refractivity contribution is 6.00. The first-order valence-corrected chi connectivity index (χ1v) is 25.4. The molecule has 2 aromatic heterocycles. The van der Waals surface area contributed by atoms with Gasteiger partial charge in [0.15, 0.2) is 19.9 Å². The van der Waals surface area contributed by atoms with E-state index in [-0.39, 0.29) is 44.0 Å². The Labute approximate surface area is 421 Å². The van der Waals surface area contributed by atoms with Gasteiger partial charge in [0, 0.05) is 79.0 Å². The van der Waals surface area contributed by atoms with Gasteiger partial charge in [-0.05, 0) is 116 Å². The van der Waals surface area contributed by atoms with E-state index in [0.29, 0.717) is 59.7 Å². The molecule has 2 aliphatic carbocycles. The van der Waals surface area contributed by atoms with Crippen molar-refractivity contribution in [1.82, 2.24) is 9.13 Å². The maximum atomic E-state index is 12.6. The normalized spacial score (nSPS) is 16.6. The lowest BCUT2D eigenvalue weighted by Crippen LogP contribution is -2.24. The number of esters is 2. The molecular formula is C57H70N2O13. The summed E-state index contributed by atoms with van der Waals surface area (Å²) in [5.74, 6) is 1.20. The lowest BCUT2D eigenvalue weighted by molar-refractivity contribution is -0.163. The second kappa shape index (κ2) is 25.0. The first kappa shape index (κ1) is 52.2. The summed E-state index contributed by atoms with van der Waals surface area (Å²) in [5, 5.41) is 32.4. The van der Waals surface area contributed by atoms with E-state index in [9.17, 15) is 24.9 Å². The minimum atomic E-state index is -0.415. The van der Waals surface area contributed by atoms with Gasteiger partial charge >= 0.3 is 11.9 Å². The van der Waals surface area contributed by atoms with Crippen LogP contribution in [0.5, 0.6) is 23.0 Å². The number of aromatic hydroxyl groups is 2. The molecule has 0 amide bonds. The number of aliphatic hydroxyl groups excluding tert-OH is 1. The smallest absolute Gasteiger partial charge is 0.337 e. The second-order valence-electron chi connectivity index (χ2n) is 18.8. The molecule has 9 rings (SSSR count). The molecule has 72 heavy (non-hydrogen) atoms. The molecule has 15 heteroatoms. The largest absolute Gasteiger partial charge is 0.508 e. The standard InChI is InChI=1S/C33H43NO8.C24H27NO5/c1-36-21-41-25-13-15-27(29(20-25)42-22-37-2)32-31(23-9-5-4-6-10-23)26-14-12-24(33(35)38-3)19-28(26)34(32)16-18-40-30-11-7-8-17-39-30;1-30-24(29)16-7-9-18-20(13-16)25(11-12-26)23(19-10-8-17(27)14-21(19)28)22(18)15-5-3-2-4-6-15/h12-15,19-20,23,30H,4-11,16-18,21-22H2,1-3H3;7-10,13-15,26-28H,2-6,11-12H2,1H3. The van der Waals surface area contributed by atoms with Crippen molar-refractivity contribution in [3.63, 3.8) is 0 Å². The lowest BCUT2D eigenvalue weighted by Gasteiger charge is -2.25. The van der Waals surface area contributed by atoms with Crippen molar-refractivity contribution < 1.29 is 62.8 Å². The van der Waals surface area contributed by atoms with Crippen molar-refractivity contribution in [1.29, 1.82) is 0 Å². The monoisotopic (exact) mass is 990 g/mol. The Morgan fingerprint density at radius 2 is 1.17 bits per heavy atom. The van der Waals surface area contributed by atoms with Crippen LogP contribution in [0.25, 0.3) is 44.3 Å². The summed E-state index contributed by atoms with van der Waals surface area (Å²) in [6, 6.07) is 21.8. The molecule has 0 bridgehead atoms. The zero-order valence-electron chi connectivity index (χ0n) is 42.1. The van der Waals surface area contributed by atoms with E-state index in [4.69, 9.17) is 37.9 Å². The van der Waals surface area contributed by atoms with E-state index in [1.165, 1.54) is 51.5 Å². The van der Waals surface area contributed by atoms with Crippen molar-refractivity contribution in [3.8, 4) is 45.5 Å². The second-order valence-corrected chi connectivity index (χ2v) is 18.8. The van der Waals surface area contributed by atoms with Crippen molar-refractivity contribution >= 4 is 33.7 Å². The zero-order chi connectivity index (χ0) is 50.6. The predicted octanol–water partition coefficient (Wildman–Crippen LogP) is 11.2. The molecule has 0 radical (unpaired) electrons. The zero-order valence-corrected chi connectivity index (χ0v) is 42.1. The average molecular weight is 991 g/mol. The summed E-state index contributed by atoms with van der Waals surface area (Å²) < 4.78 is 48.6. The first-order valence-electron chi connectivity index (χ1n) is 25.4. The van der Waals surface area contributed by atoms with E-state index >= 15 is 0 Å². The SMILES string of the molecule is COC(=O)c1ccc2c(C3CCCCC3)c(-c3ccc(O)cc3O)n(CCO)c2c1.COCOc1ccc(-c2c(C3CCCCC3)c3ccc(C(=O)OC)cc3n2CCOC2CCCCO2)c(OCOC)c1. The fourth-order valence-electron chi connectivity index (χ4n) is 11.0. The number of carbonyl (C=O) groups is 2. The molecule has 386 valence electrons. The number of hydrogen-bond donors (Lipinski definition) is 3. The maximum Gasteiger partial charge on any atom is 0.337 e. The van der Waals surface area contributed by atoms with Gasteiger partial charge in [-0.2, -0.15) is 0 Å². The summed E-state index contributed by atoms with van der Waals surface area (Å²) in [6.45, 7) is 2.24. The van der Waals surface area contributed by atoms with Crippen molar-refractivity contribution in [2.75, 3.05) is 61.8 Å². The Kier molecular flexibility index (Phi) is 18.2. The summed E-state index contributed by atoms with van der Waals surface area (Å²) in [6.07, 6.45) is 14.4. The molecule has 3 heterocycles. The number of rotatable bonds is 18. The van der Waals surface area contributed by atoms with Crippen LogP contribution in [-0.2, 0) is 41.5 Å². The molecule has 3 aliphatic rings. The van der Waals surface area contributed by atoms with Gasteiger partial charge in [0.25, 0.3) is 0 Å². The van der Waals surface area contributed by atoms with Gasteiger partial charge in [0.05, 0.1) is 49.9 Å². The Balaban J connectivity index is 0.000000204. The van der Waals surface area contributed by atoms with Crippen LogP contribution in [-0.4, -0.2) is 105 Å². The van der Waals surface area contributed by atoms with Crippen molar-refractivity contribution in [2.45, 2.75) is 115 Å². The van der Waals surface area contributed by atoms with Crippen LogP contribution in [0.15, 0.2) is 72.8 Å². The van der Waals surface area contributed by atoms with E-state index in [1.807, 2.05) is 41.0 Å². The number of benzene rings is 4. The summed E-state index contributed by atoms with van der Waals surface area (Å²) in [7, 11) is 5.96. The molecule has 15 nitrogen and oxygen atoms in total. The van der Waals surface area contributed by atoms with E-state index in [0.717, 1.165) is 109 Å². The maximum absolute atomic E-state index is 12.6. The van der Waals surface area contributed by atoms with Gasteiger partial charge in [0.1, 0.15) is 23.0 Å². The number of carbonyl (C=O) groups excluding carboxylic acids is 2. The Morgan fingerprint density at radius 1 is 0.611 bits per heavy atom. The Hall–Kier alpha value is -6.10. The molecule has 0 spiro atoms. The minimum Gasteiger partial charge on any atom is -0.508 e. The lowest BCUT2D eigenvalue weighted by atomic mass is 9.81. The Bertz CT molecular complexity index is 2780. The molecule has 1 saturated heterocycles. The molecule has 2 saturated carbocycles. The van der Waals surface area contributed by atoms with Crippen molar-refractivity contribution in [3.05, 3.63) is 95.1 Å². The number of fused-ring (bicyclic) bond motifs is 2. The van der Waals surface area contributed by atoms with Gasteiger partial charge in [-0.25, -0.2) is 9.59 Å².